The number of ether oxygens (including phenoxy) is 1. The van der Waals surface area contributed by atoms with Crippen molar-refractivity contribution in [3.63, 3.8) is 0 Å². The third kappa shape index (κ3) is 3.32. The van der Waals surface area contributed by atoms with Gasteiger partial charge in [-0.05, 0) is 43.7 Å². The zero-order chi connectivity index (χ0) is 23.6. The molecular weight excluding hydrogens is 479 g/mol. The lowest BCUT2D eigenvalue weighted by Gasteiger charge is -2.42. The van der Waals surface area contributed by atoms with E-state index in [1.54, 1.807) is 12.3 Å². The van der Waals surface area contributed by atoms with Gasteiger partial charge < -0.3 is 15.2 Å². The van der Waals surface area contributed by atoms with Crippen LogP contribution in [0.1, 0.15) is 42.3 Å². The predicted molar refractivity (Wildman–Crippen MR) is 126 cm³/mol. The molecule has 2 aromatic rings. The summed E-state index contributed by atoms with van der Waals surface area (Å²) < 4.78 is 19.0. The zero-order valence-electron chi connectivity index (χ0n) is 18.5. The highest BCUT2D eigenvalue weighted by atomic mass is 35.5. The molecule has 4 unspecified atom stereocenters. The molecule has 7 nitrogen and oxygen atoms in total. The number of carbonyl (C=O) groups excluding carboxylic acids is 1. The van der Waals surface area contributed by atoms with E-state index in [0.29, 0.717) is 46.2 Å². The summed E-state index contributed by atoms with van der Waals surface area (Å²) in [4.78, 5) is 24.7. The van der Waals surface area contributed by atoms with Crippen LogP contribution in [0.15, 0.2) is 46.0 Å². The quantitative estimate of drug-likeness (QED) is 0.481. The Morgan fingerprint density at radius 2 is 2.29 bits per heavy atom. The number of nitrogens with one attached hydrogen (secondary N) is 1. The first-order chi connectivity index (χ1) is 16.4. The van der Waals surface area contributed by atoms with Crippen molar-refractivity contribution < 1.29 is 19.0 Å². The molecule has 34 heavy (non-hydrogen) atoms. The number of halogens is 2. The Hall–Kier alpha value is -2.33. The first-order valence-corrected chi connectivity index (χ1v) is 12.6. The van der Waals surface area contributed by atoms with Crippen molar-refractivity contribution in [1.82, 2.24) is 15.2 Å². The summed E-state index contributed by atoms with van der Waals surface area (Å²) in [6.45, 7) is 0.498. The third-order valence-electron chi connectivity index (χ3n) is 7.82. The molecule has 2 aliphatic heterocycles. The standard InChI is InChI=1S/C24H24ClFN4O3S/c1-33-23(32)19-17(11-30-18-10-14(31)8-12-4-5-24(12,18)30)28-21(22-27-6-7-34-22)29-20(19)15-3-2-13(26)9-16(15)25/h2-3,6-7,9,12,14,18,20,31H,4-5,8,10-11H2,1H3,(H,28,29)/t12?,14-,18?,20+,24?,30?/m1/s1. The molecule has 1 spiro atoms. The second-order valence-electron chi connectivity index (χ2n) is 9.39. The molecule has 4 aliphatic rings. The van der Waals surface area contributed by atoms with Crippen LogP contribution < -0.4 is 5.32 Å². The van der Waals surface area contributed by atoms with Gasteiger partial charge in [-0.25, -0.2) is 14.2 Å². The average Bonchev–Trinajstić information content (AvgIpc) is 3.17. The van der Waals surface area contributed by atoms with Gasteiger partial charge in [0, 0.05) is 46.0 Å². The molecule has 6 rings (SSSR count). The number of carbonyl (C=O) groups is 1. The predicted octanol–water partition coefficient (Wildman–Crippen LogP) is 3.44. The summed E-state index contributed by atoms with van der Waals surface area (Å²) in [5.74, 6) is 0.0526. The normalized spacial score (nSPS) is 33.8. The Morgan fingerprint density at radius 3 is 2.97 bits per heavy atom. The maximum Gasteiger partial charge on any atom is 0.338 e. The van der Waals surface area contributed by atoms with Crippen molar-refractivity contribution in [2.24, 2.45) is 10.9 Å². The van der Waals surface area contributed by atoms with Crippen LogP contribution in [0.25, 0.3) is 0 Å². The van der Waals surface area contributed by atoms with Crippen LogP contribution in [0.4, 0.5) is 4.39 Å². The number of aliphatic imine (C=N–C) groups is 1. The van der Waals surface area contributed by atoms with Gasteiger partial charge in [-0.1, -0.05) is 17.7 Å². The molecule has 1 aromatic heterocycles. The van der Waals surface area contributed by atoms with Crippen molar-refractivity contribution in [2.45, 2.75) is 49.4 Å². The monoisotopic (exact) mass is 502 g/mol. The largest absolute Gasteiger partial charge is 0.466 e. The smallest absolute Gasteiger partial charge is 0.338 e. The van der Waals surface area contributed by atoms with E-state index in [0.717, 1.165) is 25.7 Å². The number of amidine groups is 1. The van der Waals surface area contributed by atoms with Crippen LogP contribution in [0.5, 0.6) is 0 Å². The zero-order valence-corrected chi connectivity index (χ0v) is 20.1. The molecule has 178 valence electrons. The van der Waals surface area contributed by atoms with E-state index in [-0.39, 0.29) is 16.7 Å². The van der Waals surface area contributed by atoms with Crippen molar-refractivity contribution >= 4 is 34.7 Å². The summed E-state index contributed by atoms with van der Waals surface area (Å²) in [5, 5.41) is 16.4. The molecule has 10 heteroatoms. The Labute approximate surface area is 205 Å². The number of likely N-dealkylation sites (tertiary alicyclic amines) is 1. The van der Waals surface area contributed by atoms with E-state index in [9.17, 15) is 14.3 Å². The second-order valence-corrected chi connectivity index (χ2v) is 10.7. The molecule has 0 amide bonds. The molecule has 2 saturated carbocycles. The average molecular weight is 503 g/mol. The number of aliphatic hydroxyl groups is 1. The number of rotatable bonds is 5. The molecule has 2 N–H and O–H groups in total. The van der Waals surface area contributed by atoms with Crippen LogP contribution in [-0.4, -0.2) is 58.1 Å². The Bertz CT molecular complexity index is 1220. The molecule has 1 aromatic carbocycles. The molecule has 3 heterocycles. The molecule has 0 radical (unpaired) electrons. The van der Waals surface area contributed by atoms with Crippen LogP contribution >= 0.6 is 22.9 Å². The maximum absolute atomic E-state index is 13.8. The first-order valence-electron chi connectivity index (χ1n) is 11.4. The van der Waals surface area contributed by atoms with Crippen LogP contribution in [0.2, 0.25) is 5.02 Å². The fourth-order valence-electron chi connectivity index (χ4n) is 6.17. The van der Waals surface area contributed by atoms with Crippen molar-refractivity contribution in [2.75, 3.05) is 13.7 Å². The second kappa shape index (κ2) is 8.12. The van der Waals surface area contributed by atoms with Gasteiger partial charge >= 0.3 is 5.97 Å². The van der Waals surface area contributed by atoms with Crippen LogP contribution in [0, 0.1) is 11.7 Å². The summed E-state index contributed by atoms with van der Waals surface area (Å²) in [5.41, 5.74) is 1.68. The number of methoxy groups -OCH3 is 1. The van der Waals surface area contributed by atoms with Gasteiger partial charge in [-0.3, -0.25) is 9.89 Å². The van der Waals surface area contributed by atoms with Gasteiger partial charge in [0.25, 0.3) is 0 Å². The van der Waals surface area contributed by atoms with Crippen LogP contribution in [0.3, 0.4) is 0 Å². The van der Waals surface area contributed by atoms with Gasteiger partial charge in [0.2, 0.25) is 0 Å². The van der Waals surface area contributed by atoms with E-state index in [1.807, 2.05) is 5.38 Å². The number of benzene rings is 1. The summed E-state index contributed by atoms with van der Waals surface area (Å²) >= 11 is 7.86. The minimum Gasteiger partial charge on any atom is -0.466 e. The molecular formula is C24H24ClFN4O3S. The number of esters is 1. The number of aliphatic hydroxyl groups excluding tert-OH is 1. The Balaban J connectivity index is 1.43. The van der Waals surface area contributed by atoms with Gasteiger partial charge in [0.1, 0.15) is 11.9 Å². The fourth-order valence-corrected chi connectivity index (χ4v) is 7.03. The number of nitrogens with zero attached hydrogens (tertiary/aromatic N) is 3. The minimum absolute atomic E-state index is 0.119. The van der Waals surface area contributed by atoms with Gasteiger partial charge in [0.05, 0.1) is 18.8 Å². The highest BCUT2D eigenvalue weighted by Gasteiger charge is 2.72. The highest BCUT2D eigenvalue weighted by Crippen LogP contribution is 2.64. The van der Waals surface area contributed by atoms with Crippen molar-refractivity contribution in [1.29, 1.82) is 0 Å². The molecule has 0 bridgehead atoms. The molecule has 1 saturated heterocycles. The van der Waals surface area contributed by atoms with Gasteiger partial charge in [-0.2, -0.15) is 0 Å². The fraction of sp³-hybridized carbons (Fsp3) is 0.458. The lowest BCUT2D eigenvalue weighted by atomic mass is 9.64. The van der Waals surface area contributed by atoms with Crippen molar-refractivity contribution in [3.05, 3.63) is 62.5 Å². The molecule has 2 aliphatic carbocycles. The lowest BCUT2D eigenvalue weighted by molar-refractivity contribution is -0.136. The number of hydrogen-bond donors (Lipinski definition) is 2. The molecule has 6 atom stereocenters. The summed E-state index contributed by atoms with van der Waals surface area (Å²) in [6, 6.07) is 3.64. The van der Waals surface area contributed by atoms with E-state index >= 15 is 0 Å². The summed E-state index contributed by atoms with van der Waals surface area (Å²) in [7, 11) is 1.34. The Kier molecular flexibility index (Phi) is 5.29. The highest BCUT2D eigenvalue weighted by molar-refractivity contribution is 7.11. The summed E-state index contributed by atoms with van der Waals surface area (Å²) in [6.07, 6.45) is 5.24. The molecule has 3 fully saturated rings. The SMILES string of the molecule is COC(=O)C1=C(CN2C3C[C@H](O)CC4CCC432)NC(c2nccs2)=N[C@H]1c1ccc(F)cc1Cl. The maximum atomic E-state index is 13.8. The topological polar surface area (TPSA) is 86.8 Å². The number of hydrogen-bond acceptors (Lipinski definition) is 8. The van der Waals surface area contributed by atoms with E-state index in [4.69, 9.17) is 21.3 Å². The van der Waals surface area contributed by atoms with E-state index in [1.165, 1.54) is 30.6 Å². The lowest BCUT2D eigenvalue weighted by Crippen LogP contribution is -2.46. The van der Waals surface area contributed by atoms with Gasteiger partial charge in [0.15, 0.2) is 10.8 Å². The number of aromatic nitrogens is 1. The minimum atomic E-state index is -0.766. The Morgan fingerprint density at radius 1 is 1.44 bits per heavy atom. The third-order valence-corrected chi connectivity index (χ3v) is 8.93. The number of thiazole rings is 1. The van der Waals surface area contributed by atoms with E-state index in [2.05, 4.69) is 15.2 Å². The van der Waals surface area contributed by atoms with Crippen LogP contribution in [-0.2, 0) is 9.53 Å². The van der Waals surface area contributed by atoms with E-state index < -0.39 is 17.8 Å². The van der Waals surface area contributed by atoms with Crippen molar-refractivity contribution in [3.8, 4) is 0 Å². The van der Waals surface area contributed by atoms with Gasteiger partial charge in [-0.15, -0.1) is 11.3 Å². The first kappa shape index (κ1) is 22.2.